The van der Waals surface area contributed by atoms with E-state index < -0.39 is 11.0 Å². The highest BCUT2D eigenvalue weighted by Crippen LogP contribution is 2.47. The van der Waals surface area contributed by atoms with Gasteiger partial charge in [-0.2, -0.15) is 0 Å². The highest BCUT2D eigenvalue weighted by atomic mass is 79.9. The first-order valence-electron chi connectivity index (χ1n) is 11.8. The molecule has 1 aromatic heterocycles. The van der Waals surface area contributed by atoms with Crippen LogP contribution in [0.5, 0.6) is 0 Å². The Morgan fingerprint density at radius 2 is 1.82 bits per heavy atom. The average Bonchev–Trinajstić information content (AvgIpc) is 3.16. The topological polar surface area (TPSA) is 108 Å². The fourth-order valence-corrected chi connectivity index (χ4v) is 4.54. The van der Waals surface area contributed by atoms with Gasteiger partial charge < -0.3 is 14.4 Å². The predicted molar refractivity (Wildman–Crippen MR) is 142 cm³/mol. The summed E-state index contributed by atoms with van der Waals surface area (Å²) in [7, 11) is -1.18. The van der Waals surface area contributed by atoms with Gasteiger partial charge in [0.15, 0.2) is 0 Å². The van der Waals surface area contributed by atoms with Crippen LogP contribution in [0.15, 0.2) is 4.60 Å². The molecule has 34 heavy (non-hydrogen) atoms. The number of aromatic nitrogens is 2. The molecule has 8 nitrogen and oxygen atoms in total. The molecule has 2 fully saturated rings. The molecule has 2 aliphatic heterocycles. The zero-order valence-corrected chi connectivity index (χ0v) is 24.4. The van der Waals surface area contributed by atoms with Gasteiger partial charge in [0.2, 0.25) is 0 Å². The van der Waals surface area contributed by atoms with Gasteiger partial charge in [-0.3, -0.25) is 9.93 Å². The number of hydrogen-bond donors (Lipinski definition) is 1. The fourth-order valence-electron chi connectivity index (χ4n) is 4.18. The molecule has 0 radical (unpaired) electrons. The van der Waals surface area contributed by atoms with E-state index in [-0.39, 0.29) is 4.75 Å². The number of hydrogen-bond acceptors (Lipinski definition) is 7. The van der Waals surface area contributed by atoms with Gasteiger partial charge in [0.05, 0.1) is 46.9 Å². The highest BCUT2D eigenvalue weighted by molar-refractivity contribution is 9.10. The fraction of sp³-hybridized carbons (Fsp3) is 0.792. The molecule has 0 bridgehead atoms. The van der Waals surface area contributed by atoms with E-state index in [1.165, 1.54) is 12.8 Å². The summed E-state index contributed by atoms with van der Waals surface area (Å²) in [5.41, 5.74) is 2.36. The zero-order valence-electron chi connectivity index (χ0n) is 22.0. The van der Waals surface area contributed by atoms with E-state index in [1.807, 2.05) is 34.6 Å². The standard InChI is InChI=1S/C17H26BrN3O.C4H11NOS.C3H6O2/c1-11(2)14-9-22-10-17(14)5-7-21(8-6-17)16-13(4)19-15(18)12(3)20-16;1-4(2,3)7(5)6;1-2-5-3-4/h11,14H,5-10H2,1-4H3;5H2,1-3H3;3H,2H2,1H3. The van der Waals surface area contributed by atoms with Gasteiger partial charge in [-0.15, -0.1) is 0 Å². The molecule has 2 saturated heterocycles. The number of nitrogens with zero attached hydrogens (tertiary/aromatic N) is 3. The second kappa shape index (κ2) is 13.8. The average molecular weight is 564 g/mol. The van der Waals surface area contributed by atoms with Crippen LogP contribution in [-0.2, 0) is 25.3 Å². The SMILES string of the molecule is CC(C)(C)S(N)=O.CCOC=O.Cc1nc(N2CCC3(CC2)COCC3C(C)C)c(C)nc1Br. The molecule has 0 saturated carbocycles. The maximum absolute atomic E-state index is 10.4. The van der Waals surface area contributed by atoms with Crippen LogP contribution in [-0.4, -0.2) is 58.3 Å². The summed E-state index contributed by atoms with van der Waals surface area (Å²) in [6.07, 6.45) is 2.40. The molecule has 0 aliphatic carbocycles. The van der Waals surface area contributed by atoms with Crippen molar-refractivity contribution in [3.63, 3.8) is 0 Å². The maximum atomic E-state index is 10.4. The van der Waals surface area contributed by atoms with Crippen LogP contribution in [0.3, 0.4) is 0 Å². The summed E-state index contributed by atoms with van der Waals surface area (Å²) in [4.78, 5) is 20.9. The van der Waals surface area contributed by atoms with Gasteiger partial charge >= 0.3 is 0 Å². The molecule has 3 heterocycles. The van der Waals surface area contributed by atoms with Crippen LogP contribution < -0.4 is 10.0 Å². The number of anilines is 1. The molecule has 2 N–H and O–H groups in total. The van der Waals surface area contributed by atoms with E-state index in [9.17, 15) is 9.00 Å². The highest BCUT2D eigenvalue weighted by Gasteiger charge is 2.47. The lowest BCUT2D eigenvalue weighted by molar-refractivity contribution is -0.128. The van der Waals surface area contributed by atoms with E-state index in [4.69, 9.17) is 14.9 Å². The molecule has 2 aliphatic rings. The second-order valence-corrected chi connectivity index (χ2v) is 12.8. The van der Waals surface area contributed by atoms with Crippen LogP contribution in [0.2, 0.25) is 0 Å². The molecule has 1 aromatic rings. The Bertz CT molecular complexity index is 809. The molecular formula is C24H43BrN4O4S. The Labute approximate surface area is 216 Å². The third kappa shape index (κ3) is 8.84. The molecule has 2 atom stereocenters. The van der Waals surface area contributed by atoms with Gasteiger partial charge in [0, 0.05) is 18.5 Å². The molecular weight excluding hydrogens is 520 g/mol. The number of nitrogens with two attached hydrogens (primary N) is 1. The lowest BCUT2D eigenvalue weighted by Crippen LogP contribution is -2.45. The Morgan fingerprint density at radius 1 is 1.26 bits per heavy atom. The molecule has 196 valence electrons. The first kappa shape index (κ1) is 30.9. The van der Waals surface area contributed by atoms with E-state index >= 15 is 0 Å². The van der Waals surface area contributed by atoms with Crippen LogP contribution in [0.25, 0.3) is 0 Å². The number of carbonyl (C=O) groups is 1. The third-order valence-corrected chi connectivity index (χ3v) is 8.30. The first-order valence-corrected chi connectivity index (χ1v) is 13.8. The quantitative estimate of drug-likeness (QED) is 0.544. The second-order valence-electron chi connectivity index (χ2n) is 10.2. The summed E-state index contributed by atoms with van der Waals surface area (Å²) >= 11 is 3.47. The number of aryl methyl sites for hydroxylation is 2. The van der Waals surface area contributed by atoms with Crippen LogP contribution in [0, 0.1) is 31.1 Å². The van der Waals surface area contributed by atoms with E-state index in [0.29, 0.717) is 30.3 Å². The van der Waals surface area contributed by atoms with Crippen molar-refractivity contribution >= 4 is 39.2 Å². The summed E-state index contributed by atoms with van der Waals surface area (Å²) < 4.78 is 21.0. The predicted octanol–water partition coefficient (Wildman–Crippen LogP) is 4.33. The molecule has 1 spiro atoms. The van der Waals surface area contributed by atoms with E-state index in [2.05, 4.69) is 44.4 Å². The minimum atomic E-state index is -1.18. The van der Waals surface area contributed by atoms with Crippen molar-refractivity contribution in [2.75, 3.05) is 37.8 Å². The Balaban J connectivity index is 0.000000401. The molecule has 0 amide bonds. The van der Waals surface area contributed by atoms with Crippen molar-refractivity contribution in [3.8, 4) is 0 Å². The molecule has 2 unspecified atom stereocenters. The van der Waals surface area contributed by atoms with Crippen LogP contribution in [0.4, 0.5) is 5.82 Å². The number of halogens is 1. The van der Waals surface area contributed by atoms with Gasteiger partial charge in [0.25, 0.3) is 6.47 Å². The normalized spacial score (nSPS) is 20.2. The third-order valence-electron chi connectivity index (χ3n) is 6.34. The zero-order chi connectivity index (χ0) is 26.1. The van der Waals surface area contributed by atoms with Gasteiger partial charge in [-0.05, 0) is 82.1 Å². The number of carbonyl (C=O) groups excluding carboxylic acids is 1. The summed E-state index contributed by atoms with van der Waals surface area (Å²) in [6.45, 7) is 20.9. The van der Waals surface area contributed by atoms with Crippen molar-refractivity contribution in [1.82, 2.24) is 9.97 Å². The summed E-state index contributed by atoms with van der Waals surface area (Å²) in [6, 6.07) is 0. The number of piperidine rings is 1. The van der Waals surface area contributed by atoms with Gasteiger partial charge in [0.1, 0.15) is 10.4 Å². The Morgan fingerprint density at radius 3 is 2.24 bits per heavy atom. The van der Waals surface area contributed by atoms with Crippen molar-refractivity contribution in [2.45, 2.75) is 73.0 Å². The lowest BCUT2D eigenvalue weighted by atomic mass is 9.67. The minimum absolute atomic E-state index is 0.250. The smallest absolute Gasteiger partial charge is 0.293 e. The van der Waals surface area contributed by atoms with E-state index in [1.54, 1.807) is 6.92 Å². The Hall–Kier alpha value is -1.10. The molecule has 0 aromatic carbocycles. The van der Waals surface area contributed by atoms with Crippen molar-refractivity contribution in [2.24, 2.45) is 22.4 Å². The van der Waals surface area contributed by atoms with Crippen LogP contribution >= 0.6 is 15.9 Å². The van der Waals surface area contributed by atoms with Crippen molar-refractivity contribution in [1.29, 1.82) is 0 Å². The molecule has 3 rings (SSSR count). The summed E-state index contributed by atoms with van der Waals surface area (Å²) in [5.74, 6) is 2.45. The van der Waals surface area contributed by atoms with Gasteiger partial charge in [-0.25, -0.2) is 14.2 Å². The van der Waals surface area contributed by atoms with E-state index in [0.717, 1.165) is 48.1 Å². The van der Waals surface area contributed by atoms with Crippen molar-refractivity contribution in [3.05, 3.63) is 16.0 Å². The molecule has 10 heteroatoms. The minimum Gasteiger partial charge on any atom is -0.468 e. The lowest BCUT2D eigenvalue weighted by Gasteiger charge is -2.43. The van der Waals surface area contributed by atoms with Crippen molar-refractivity contribution < 1.29 is 18.5 Å². The maximum Gasteiger partial charge on any atom is 0.293 e. The first-order chi connectivity index (χ1) is 15.8. The monoisotopic (exact) mass is 562 g/mol. The summed E-state index contributed by atoms with van der Waals surface area (Å²) in [5, 5.41) is 5.04. The number of rotatable bonds is 4. The number of ether oxygens (including phenoxy) is 2. The Kier molecular flexibility index (Phi) is 12.6. The van der Waals surface area contributed by atoms with Crippen LogP contribution in [0.1, 0.15) is 65.8 Å². The van der Waals surface area contributed by atoms with Gasteiger partial charge in [-0.1, -0.05) is 13.8 Å². The largest absolute Gasteiger partial charge is 0.468 e.